The molecule has 4 nitrogen and oxygen atoms in total. The van der Waals surface area contributed by atoms with Gasteiger partial charge in [-0.3, -0.25) is 0 Å². The van der Waals surface area contributed by atoms with Crippen LogP contribution in [-0.2, 0) is 0 Å². The van der Waals surface area contributed by atoms with Crippen LogP contribution in [0.5, 0.6) is 0 Å². The molecule has 0 aliphatic carbocycles. The Kier molecular flexibility index (Phi) is 3.84. The first kappa shape index (κ1) is 12.9. The summed E-state index contributed by atoms with van der Waals surface area (Å²) >= 11 is 0. The summed E-state index contributed by atoms with van der Waals surface area (Å²) in [5.74, 6) is 0. The van der Waals surface area contributed by atoms with Gasteiger partial charge in [0.1, 0.15) is 0 Å². The fourth-order valence-corrected chi connectivity index (χ4v) is 1.83. The fourth-order valence-electron chi connectivity index (χ4n) is 1.83. The van der Waals surface area contributed by atoms with Gasteiger partial charge >= 0.3 is 14.2 Å². The third kappa shape index (κ3) is 2.63. The molecule has 0 aromatic heterocycles. The van der Waals surface area contributed by atoms with Crippen molar-refractivity contribution in [2.75, 3.05) is 0 Å². The second-order valence-electron chi connectivity index (χ2n) is 3.96. The van der Waals surface area contributed by atoms with E-state index in [4.69, 9.17) is 10.0 Å². The van der Waals surface area contributed by atoms with Crippen LogP contribution >= 0.6 is 0 Å². The van der Waals surface area contributed by atoms with Gasteiger partial charge in [-0.1, -0.05) is 48.5 Å². The first-order chi connectivity index (χ1) is 8.59. The Hall–Kier alpha value is -1.59. The molecule has 90 valence electrons. The Bertz CT molecular complexity index is 529. The summed E-state index contributed by atoms with van der Waals surface area (Å²) in [7, 11) is -3.19. The van der Waals surface area contributed by atoms with Crippen molar-refractivity contribution in [3.8, 4) is 11.1 Å². The van der Waals surface area contributed by atoms with E-state index in [1.54, 1.807) is 0 Å². The van der Waals surface area contributed by atoms with Gasteiger partial charge in [0.2, 0.25) is 0 Å². The first-order valence-electron chi connectivity index (χ1n) is 5.51. The van der Waals surface area contributed by atoms with E-state index in [1.165, 1.54) is 18.2 Å². The summed E-state index contributed by atoms with van der Waals surface area (Å²) in [6, 6.07) is 13.6. The number of rotatable bonds is 3. The maximum Gasteiger partial charge on any atom is 0.489 e. The van der Waals surface area contributed by atoms with E-state index < -0.39 is 14.2 Å². The smallest absolute Gasteiger partial charge is 0.423 e. The monoisotopic (exact) mass is 242 g/mol. The van der Waals surface area contributed by atoms with Crippen LogP contribution in [0.3, 0.4) is 0 Å². The van der Waals surface area contributed by atoms with E-state index >= 15 is 0 Å². The molecule has 0 atom stereocenters. The lowest BCUT2D eigenvalue weighted by Gasteiger charge is -2.11. The Morgan fingerprint density at radius 1 is 0.722 bits per heavy atom. The van der Waals surface area contributed by atoms with Gasteiger partial charge < -0.3 is 20.1 Å². The van der Waals surface area contributed by atoms with E-state index in [-0.39, 0.29) is 0 Å². The molecule has 2 aromatic carbocycles. The molecule has 0 saturated heterocycles. The molecular formula is C12H12B2O4. The summed E-state index contributed by atoms with van der Waals surface area (Å²) in [5.41, 5.74) is 1.98. The van der Waals surface area contributed by atoms with Crippen LogP contribution in [0.1, 0.15) is 0 Å². The van der Waals surface area contributed by atoms with Crippen LogP contribution in [0.4, 0.5) is 0 Å². The van der Waals surface area contributed by atoms with Crippen molar-refractivity contribution < 1.29 is 20.1 Å². The van der Waals surface area contributed by atoms with Gasteiger partial charge in [-0.15, -0.1) is 0 Å². The molecule has 0 heterocycles. The highest BCUT2D eigenvalue weighted by Gasteiger charge is 2.20. The number of hydrogen-bond acceptors (Lipinski definition) is 4. The van der Waals surface area contributed by atoms with Crippen molar-refractivity contribution >= 4 is 25.2 Å². The van der Waals surface area contributed by atoms with Crippen molar-refractivity contribution in [3.63, 3.8) is 0 Å². The first-order valence-corrected chi connectivity index (χ1v) is 5.51. The number of benzene rings is 2. The maximum atomic E-state index is 9.33. The highest BCUT2D eigenvalue weighted by Crippen LogP contribution is 2.16. The summed E-state index contributed by atoms with van der Waals surface area (Å²) < 4.78 is 0. The van der Waals surface area contributed by atoms with Gasteiger partial charge in [0.25, 0.3) is 0 Å². The minimum Gasteiger partial charge on any atom is -0.423 e. The SMILES string of the molecule is OB(O)c1ccc(B(O)O)c(-c2ccccc2)c1. The van der Waals surface area contributed by atoms with E-state index in [2.05, 4.69) is 0 Å². The average molecular weight is 242 g/mol. The summed E-state index contributed by atoms with van der Waals surface area (Å²) in [6.45, 7) is 0. The van der Waals surface area contributed by atoms with Crippen molar-refractivity contribution in [2.24, 2.45) is 0 Å². The van der Waals surface area contributed by atoms with Crippen molar-refractivity contribution in [1.82, 2.24) is 0 Å². The predicted molar refractivity (Wildman–Crippen MR) is 71.5 cm³/mol. The Balaban J connectivity index is 2.58. The third-order valence-corrected chi connectivity index (χ3v) is 2.74. The lowest BCUT2D eigenvalue weighted by atomic mass is 9.71. The highest BCUT2D eigenvalue weighted by atomic mass is 16.4. The Morgan fingerprint density at radius 2 is 1.39 bits per heavy atom. The van der Waals surface area contributed by atoms with Gasteiger partial charge in [0.15, 0.2) is 0 Å². The Labute approximate surface area is 105 Å². The molecule has 2 rings (SSSR count). The summed E-state index contributed by atoms with van der Waals surface area (Å²) in [4.78, 5) is 0. The van der Waals surface area contributed by atoms with E-state index in [1.807, 2.05) is 30.3 Å². The molecule has 0 fully saturated rings. The molecule has 0 bridgehead atoms. The minimum absolute atomic E-state index is 0.304. The molecule has 0 amide bonds. The molecule has 0 saturated carbocycles. The Morgan fingerprint density at radius 3 is 1.94 bits per heavy atom. The largest absolute Gasteiger partial charge is 0.489 e. The third-order valence-electron chi connectivity index (χ3n) is 2.74. The van der Waals surface area contributed by atoms with Gasteiger partial charge in [0, 0.05) is 0 Å². The lowest BCUT2D eigenvalue weighted by molar-refractivity contribution is 0.423. The van der Waals surface area contributed by atoms with Crippen molar-refractivity contribution in [3.05, 3.63) is 48.5 Å². The highest BCUT2D eigenvalue weighted by molar-refractivity contribution is 6.62. The molecule has 0 aliphatic heterocycles. The zero-order chi connectivity index (χ0) is 13.1. The van der Waals surface area contributed by atoms with Gasteiger partial charge in [-0.05, 0) is 22.1 Å². The van der Waals surface area contributed by atoms with Gasteiger partial charge in [-0.25, -0.2) is 0 Å². The molecule has 0 unspecified atom stereocenters. The average Bonchev–Trinajstić information content (AvgIpc) is 2.39. The lowest BCUT2D eigenvalue weighted by Crippen LogP contribution is -2.36. The van der Waals surface area contributed by atoms with E-state index in [0.29, 0.717) is 16.5 Å². The molecular weight excluding hydrogens is 230 g/mol. The number of hydrogen-bond donors (Lipinski definition) is 4. The quantitative estimate of drug-likeness (QED) is 0.505. The van der Waals surface area contributed by atoms with Crippen LogP contribution in [0.2, 0.25) is 0 Å². The predicted octanol–water partition coefficient (Wildman–Crippen LogP) is -1.29. The molecule has 18 heavy (non-hydrogen) atoms. The fraction of sp³-hybridized carbons (Fsp3) is 0. The van der Waals surface area contributed by atoms with Crippen LogP contribution in [0.15, 0.2) is 48.5 Å². The molecule has 0 spiro atoms. The standard InChI is InChI=1S/C12H12B2O4/c15-13(16)10-6-7-12(14(17)18)11(8-10)9-4-2-1-3-5-9/h1-8,15-18H. The van der Waals surface area contributed by atoms with E-state index in [9.17, 15) is 10.0 Å². The molecule has 6 heteroatoms. The zero-order valence-corrected chi connectivity index (χ0v) is 9.56. The van der Waals surface area contributed by atoms with Gasteiger partial charge in [-0.2, -0.15) is 0 Å². The molecule has 0 radical (unpaired) electrons. The molecule has 0 aliphatic rings. The zero-order valence-electron chi connectivity index (χ0n) is 9.56. The van der Waals surface area contributed by atoms with E-state index in [0.717, 1.165) is 5.56 Å². The summed E-state index contributed by atoms with van der Waals surface area (Å²) in [6.07, 6.45) is 0. The maximum absolute atomic E-state index is 9.33. The minimum atomic E-state index is -1.61. The normalized spacial score (nSPS) is 10.2. The van der Waals surface area contributed by atoms with Gasteiger partial charge in [0.05, 0.1) is 0 Å². The van der Waals surface area contributed by atoms with Crippen LogP contribution in [0, 0.1) is 0 Å². The van der Waals surface area contributed by atoms with Crippen LogP contribution in [0.25, 0.3) is 11.1 Å². The topological polar surface area (TPSA) is 80.9 Å². The summed E-state index contributed by atoms with van der Waals surface area (Å²) in [5, 5.41) is 37.0. The van der Waals surface area contributed by atoms with Crippen LogP contribution in [-0.4, -0.2) is 34.3 Å². The van der Waals surface area contributed by atoms with Crippen molar-refractivity contribution in [2.45, 2.75) is 0 Å². The molecule has 4 N–H and O–H groups in total. The second kappa shape index (κ2) is 5.37. The molecule has 2 aromatic rings. The van der Waals surface area contributed by atoms with Crippen molar-refractivity contribution in [1.29, 1.82) is 0 Å². The second-order valence-corrected chi connectivity index (χ2v) is 3.96. The van der Waals surface area contributed by atoms with Crippen LogP contribution < -0.4 is 10.9 Å².